The van der Waals surface area contributed by atoms with Crippen molar-refractivity contribution >= 4 is 23.6 Å². The second-order valence-electron chi connectivity index (χ2n) is 3.62. The third kappa shape index (κ3) is 3.80. The van der Waals surface area contributed by atoms with E-state index in [-0.39, 0.29) is 10.6 Å². The number of carbonyl (C=O) groups excluding carboxylic acids is 1. The number of nitrogens with one attached hydrogen (secondary N) is 2. The van der Waals surface area contributed by atoms with Crippen LogP contribution >= 0.6 is 11.8 Å². The number of aromatic nitrogens is 2. The molecule has 1 heterocycles. The molecule has 0 aliphatic carbocycles. The molecule has 0 spiro atoms. The van der Waals surface area contributed by atoms with Crippen molar-refractivity contribution in [3.63, 3.8) is 0 Å². The van der Waals surface area contributed by atoms with E-state index in [1.165, 1.54) is 6.92 Å². The van der Waals surface area contributed by atoms with Gasteiger partial charge in [0.25, 0.3) is 5.91 Å². The topological polar surface area (TPSA) is 132 Å². The smallest absolute Gasteiger partial charge is 0.346 e. The van der Waals surface area contributed by atoms with Gasteiger partial charge >= 0.3 is 11.7 Å². The Morgan fingerprint density at radius 2 is 2.16 bits per heavy atom. The van der Waals surface area contributed by atoms with Gasteiger partial charge in [0, 0.05) is 5.69 Å². The Balaban J connectivity index is 2.94. The van der Waals surface area contributed by atoms with Crippen molar-refractivity contribution in [2.45, 2.75) is 18.1 Å². The van der Waals surface area contributed by atoms with E-state index in [1.807, 2.05) is 0 Å². The zero-order valence-electron chi connectivity index (χ0n) is 10.3. The van der Waals surface area contributed by atoms with Crippen LogP contribution < -0.4 is 11.0 Å². The van der Waals surface area contributed by atoms with Crippen molar-refractivity contribution < 1.29 is 19.8 Å². The van der Waals surface area contributed by atoms with E-state index >= 15 is 0 Å². The summed E-state index contributed by atoms with van der Waals surface area (Å²) >= 11 is 1.12. The molecule has 0 aromatic carbocycles. The highest BCUT2D eigenvalue weighted by Crippen LogP contribution is 2.17. The zero-order valence-corrected chi connectivity index (χ0v) is 11.1. The second kappa shape index (κ2) is 6.34. The molecule has 0 aliphatic heterocycles. The zero-order chi connectivity index (χ0) is 14.6. The average molecular weight is 287 g/mol. The quantitative estimate of drug-likeness (QED) is 0.402. The van der Waals surface area contributed by atoms with E-state index in [0.717, 1.165) is 11.8 Å². The lowest BCUT2D eigenvalue weighted by Gasteiger charge is -2.11. The lowest BCUT2D eigenvalue weighted by atomic mass is 10.2. The van der Waals surface area contributed by atoms with Crippen molar-refractivity contribution in [1.29, 1.82) is 0 Å². The summed E-state index contributed by atoms with van der Waals surface area (Å²) in [5.74, 6) is -2.03. The number of nitrogens with zero attached hydrogens (tertiary/aromatic N) is 1. The highest BCUT2D eigenvalue weighted by Gasteiger charge is 2.19. The molecular weight excluding hydrogens is 274 g/mol. The first-order valence-corrected chi connectivity index (χ1v) is 6.43. The molecule has 1 amide bonds. The molecule has 1 aromatic heterocycles. The van der Waals surface area contributed by atoms with E-state index < -0.39 is 30.2 Å². The van der Waals surface area contributed by atoms with Gasteiger partial charge in [0.1, 0.15) is 5.03 Å². The molecule has 1 rings (SSSR count). The van der Waals surface area contributed by atoms with E-state index in [4.69, 9.17) is 10.2 Å². The molecule has 4 N–H and O–H groups in total. The largest absolute Gasteiger partial charge is 0.479 e. The van der Waals surface area contributed by atoms with Crippen LogP contribution in [0.1, 0.15) is 16.1 Å². The summed E-state index contributed by atoms with van der Waals surface area (Å²) < 4.78 is 0. The van der Waals surface area contributed by atoms with Gasteiger partial charge in [-0.3, -0.25) is 4.79 Å². The van der Waals surface area contributed by atoms with Gasteiger partial charge in [0.15, 0.2) is 6.10 Å². The number of carboxylic acids is 1. The number of hydrogen-bond donors (Lipinski definition) is 4. The number of H-pyrrole nitrogens is 1. The summed E-state index contributed by atoms with van der Waals surface area (Å²) in [5.41, 5.74) is -0.0830. The van der Waals surface area contributed by atoms with Gasteiger partial charge in [-0.15, -0.1) is 11.8 Å². The molecule has 104 valence electrons. The van der Waals surface area contributed by atoms with Gasteiger partial charge < -0.3 is 20.5 Å². The van der Waals surface area contributed by atoms with E-state index in [1.54, 1.807) is 6.26 Å². The third-order valence-corrected chi connectivity index (χ3v) is 2.93. The summed E-state index contributed by atoms with van der Waals surface area (Å²) in [5, 5.41) is 20.1. The summed E-state index contributed by atoms with van der Waals surface area (Å²) in [6, 6.07) is 0. The maximum absolute atomic E-state index is 11.9. The van der Waals surface area contributed by atoms with Crippen LogP contribution in [-0.2, 0) is 4.79 Å². The van der Waals surface area contributed by atoms with Crippen LogP contribution in [0.25, 0.3) is 0 Å². The molecule has 9 heteroatoms. The number of aliphatic hydroxyl groups excluding tert-OH is 1. The predicted molar refractivity (Wildman–Crippen MR) is 67.4 cm³/mol. The lowest BCUT2D eigenvalue weighted by molar-refractivity contribution is -0.146. The summed E-state index contributed by atoms with van der Waals surface area (Å²) in [6.07, 6.45) is -0.0258. The predicted octanol–water partition coefficient (Wildman–Crippen LogP) is -1.02. The molecule has 1 aromatic rings. The van der Waals surface area contributed by atoms with E-state index in [0.29, 0.717) is 5.69 Å². The normalized spacial score (nSPS) is 11.9. The van der Waals surface area contributed by atoms with Crippen molar-refractivity contribution in [2.75, 3.05) is 12.8 Å². The van der Waals surface area contributed by atoms with Gasteiger partial charge in [-0.1, -0.05) is 0 Å². The molecular formula is C10H13N3O5S. The van der Waals surface area contributed by atoms with Crippen LogP contribution in [0.5, 0.6) is 0 Å². The number of aliphatic carboxylic acids is 1. The summed E-state index contributed by atoms with van der Waals surface area (Å²) in [6.45, 7) is 1.10. The van der Waals surface area contributed by atoms with Crippen LogP contribution in [0, 0.1) is 6.92 Å². The Morgan fingerprint density at radius 1 is 1.53 bits per heavy atom. The fraction of sp³-hybridized carbons (Fsp3) is 0.400. The first-order chi connectivity index (χ1) is 8.86. The summed E-state index contributed by atoms with van der Waals surface area (Å²) in [7, 11) is 0. The molecule has 0 fully saturated rings. The molecule has 0 saturated heterocycles. The number of hydrogen-bond acceptors (Lipinski definition) is 6. The van der Waals surface area contributed by atoms with Crippen LogP contribution in [0.15, 0.2) is 9.82 Å². The number of carboxylic acid groups (broad SMARTS) is 1. The van der Waals surface area contributed by atoms with Crippen molar-refractivity contribution in [2.24, 2.45) is 0 Å². The van der Waals surface area contributed by atoms with Crippen LogP contribution in [-0.4, -0.2) is 51.0 Å². The third-order valence-electron chi connectivity index (χ3n) is 2.25. The molecule has 0 bridgehead atoms. The Hall–Kier alpha value is -1.87. The average Bonchev–Trinajstić information content (AvgIpc) is 2.34. The molecule has 8 nitrogen and oxygen atoms in total. The van der Waals surface area contributed by atoms with Gasteiger partial charge in [0.2, 0.25) is 0 Å². The van der Waals surface area contributed by atoms with E-state index in [9.17, 15) is 14.4 Å². The maximum atomic E-state index is 11.9. The number of aryl methyl sites for hydroxylation is 1. The Morgan fingerprint density at radius 3 is 2.68 bits per heavy atom. The van der Waals surface area contributed by atoms with Crippen LogP contribution in [0.3, 0.4) is 0 Å². The highest BCUT2D eigenvalue weighted by molar-refractivity contribution is 7.98. The number of aliphatic hydroxyl groups is 1. The minimum Gasteiger partial charge on any atom is -0.479 e. The van der Waals surface area contributed by atoms with Crippen LogP contribution in [0.4, 0.5) is 0 Å². The second-order valence-corrected chi connectivity index (χ2v) is 4.41. The molecule has 0 saturated carbocycles. The van der Waals surface area contributed by atoms with E-state index in [2.05, 4.69) is 15.3 Å². The molecule has 1 atom stereocenters. The van der Waals surface area contributed by atoms with Crippen molar-refractivity contribution in [1.82, 2.24) is 15.3 Å². The Kier molecular flexibility index (Phi) is 5.07. The fourth-order valence-corrected chi connectivity index (χ4v) is 1.96. The minimum absolute atomic E-state index is 0.157. The molecule has 0 unspecified atom stereocenters. The van der Waals surface area contributed by atoms with Crippen molar-refractivity contribution in [3.8, 4) is 0 Å². The number of aromatic amines is 1. The monoisotopic (exact) mass is 287 g/mol. The highest BCUT2D eigenvalue weighted by atomic mass is 32.2. The maximum Gasteiger partial charge on any atom is 0.346 e. The standard InChI is InChI=1S/C10H13N3O5S/c1-4-6(8(19-2)13-10(18)12-4)7(15)11-3-5(14)9(16)17/h5,14H,3H2,1-2H3,(H,11,15)(H,16,17)(H,12,13,18)/t5-/m0/s1. The first kappa shape index (κ1) is 15.2. The van der Waals surface area contributed by atoms with Gasteiger partial charge in [-0.25, -0.2) is 9.59 Å². The SMILES string of the molecule is CSc1nc(=O)[nH]c(C)c1C(=O)NC[C@H](O)C(=O)O. The Labute approximate surface area is 112 Å². The fourth-order valence-electron chi connectivity index (χ4n) is 1.34. The lowest BCUT2D eigenvalue weighted by Crippen LogP contribution is -2.37. The molecule has 19 heavy (non-hydrogen) atoms. The first-order valence-electron chi connectivity index (χ1n) is 5.20. The number of rotatable bonds is 5. The van der Waals surface area contributed by atoms with Crippen LogP contribution in [0.2, 0.25) is 0 Å². The number of amides is 1. The molecule has 0 aliphatic rings. The molecule has 0 radical (unpaired) electrons. The number of thioether (sulfide) groups is 1. The summed E-state index contributed by atoms with van der Waals surface area (Å²) in [4.78, 5) is 39.5. The number of carbonyl (C=O) groups is 2. The van der Waals surface area contributed by atoms with Crippen molar-refractivity contribution in [3.05, 3.63) is 21.7 Å². The van der Waals surface area contributed by atoms with Gasteiger partial charge in [0.05, 0.1) is 12.1 Å². The van der Waals surface area contributed by atoms with Gasteiger partial charge in [-0.2, -0.15) is 4.98 Å². The van der Waals surface area contributed by atoms with Gasteiger partial charge in [-0.05, 0) is 13.2 Å². The Bertz CT molecular complexity index is 557. The minimum atomic E-state index is -1.68.